The molecule has 2 unspecified atom stereocenters. The van der Waals surface area contributed by atoms with Gasteiger partial charge in [0.2, 0.25) is 10.0 Å². The zero-order chi connectivity index (χ0) is 15.0. The first-order chi connectivity index (χ1) is 10.0. The van der Waals surface area contributed by atoms with Gasteiger partial charge in [-0.15, -0.1) is 0 Å². The highest BCUT2D eigenvalue weighted by Gasteiger charge is 2.39. The predicted molar refractivity (Wildman–Crippen MR) is 80.9 cm³/mol. The van der Waals surface area contributed by atoms with Crippen LogP contribution in [0.3, 0.4) is 0 Å². The lowest BCUT2D eigenvalue weighted by Gasteiger charge is -2.31. The van der Waals surface area contributed by atoms with Gasteiger partial charge in [0.05, 0.1) is 17.1 Å². The maximum absolute atomic E-state index is 12.8. The van der Waals surface area contributed by atoms with Crippen LogP contribution in [0.15, 0.2) is 23.1 Å². The van der Waals surface area contributed by atoms with Gasteiger partial charge < -0.3 is 10.1 Å². The molecule has 2 aliphatic rings. The first-order valence-electron chi connectivity index (χ1n) is 7.09. The second-order valence-corrected chi connectivity index (χ2v) is 7.91. The second-order valence-electron chi connectivity index (χ2n) is 5.56. The quantitative estimate of drug-likeness (QED) is 0.911. The molecule has 2 fully saturated rings. The number of fused-ring (bicyclic) bond motifs is 2. The number of benzene rings is 1. The van der Waals surface area contributed by atoms with Crippen LogP contribution in [0.4, 0.5) is 0 Å². The fourth-order valence-electron chi connectivity index (χ4n) is 2.96. The smallest absolute Gasteiger partial charge is 0.243 e. The van der Waals surface area contributed by atoms with Crippen LogP contribution in [-0.4, -0.2) is 45.1 Å². The Morgan fingerprint density at radius 2 is 2.00 bits per heavy atom. The Morgan fingerprint density at radius 1 is 1.33 bits per heavy atom. The van der Waals surface area contributed by atoms with Crippen molar-refractivity contribution >= 4 is 21.6 Å². The molecule has 2 aliphatic heterocycles. The average molecular weight is 331 g/mol. The Balaban J connectivity index is 1.89. The maximum Gasteiger partial charge on any atom is 0.243 e. The molecular formula is C14H19ClN2O3S. The van der Waals surface area contributed by atoms with Crippen LogP contribution in [0.2, 0.25) is 5.02 Å². The van der Waals surface area contributed by atoms with E-state index in [2.05, 4.69) is 5.32 Å². The number of hydrogen-bond acceptors (Lipinski definition) is 4. The van der Waals surface area contributed by atoms with E-state index in [4.69, 9.17) is 16.3 Å². The molecule has 2 atom stereocenters. The number of morpholine rings is 1. The summed E-state index contributed by atoms with van der Waals surface area (Å²) in [6.45, 7) is 1.43. The molecule has 0 aromatic heterocycles. The zero-order valence-corrected chi connectivity index (χ0v) is 13.5. The fourth-order valence-corrected chi connectivity index (χ4v) is 4.70. The van der Waals surface area contributed by atoms with E-state index in [1.165, 1.54) is 0 Å². The predicted octanol–water partition coefficient (Wildman–Crippen LogP) is 1.61. The van der Waals surface area contributed by atoms with Crippen molar-refractivity contribution in [3.63, 3.8) is 0 Å². The highest BCUT2D eigenvalue weighted by molar-refractivity contribution is 7.89. The number of halogens is 1. The molecule has 7 heteroatoms. The summed E-state index contributed by atoms with van der Waals surface area (Å²) in [5.41, 5.74) is 0.788. The summed E-state index contributed by atoms with van der Waals surface area (Å²) in [6.07, 6.45) is 1.98. The molecule has 2 bridgehead atoms. The van der Waals surface area contributed by atoms with Crippen LogP contribution in [-0.2, 0) is 21.3 Å². The molecule has 1 N–H and O–H groups in total. The SMILES string of the molecule is CNCc1cc(S(=O)(=O)N2CC3CCC(C2)O3)ccc1Cl. The van der Waals surface area contributed by atoms with Crippen molar-refractivity contribution in [3.8, 4) is 0 Å². The van der Waals surface area contributed by atoms with Gasteiger partial charge in [0.25, 0.3) is 0 Å². The van der Waals surface area contributed by atoms with Crippen LogP contribution >= 0.6 is 11.6 Å². The summed E-state index contributed by atoms with van der Waals surface area (Å²) in [5.74, 6) is 0. The Kier molecular flexibility index (Phi) is 4.25. The van der Waals surface area contributed by atoms with E-state index >= 15 is 0 Å². The number of hydrogen-bond donors (Lipinski definition) is 1. The van der Waals surface area contributed by atoms with Gasteiger partial charge in [-0.1, -0.05) is 11.6 Å². The lowest BCUT2D eigenvalue weighted by Crippen LogP contribution is -2.45. The van der Waals surface area contributed by atoms with Crippen LogP contribution in [0.5, 0.6) is 0 Å². The van der Waals surface area contributed by atoms with Crippen molar-refractivity contribution in [2.75, 3.05) is 20.1 Å². The summed E-state index contributed by atoms with van der Waals surface area (Å²) >= 11 is 6.10. The Bertz CT molecular complexity index is 623. The molecule has 2 saturated heterocycles. The Labute approximate surface area is 130 Å². The Morgan fingerprint density at radius 3 is 2.62 bits per heavy atom. The van der Waals surface area contributed by atoms with E-state index in [9.17, 15) is 8.42 Å². The summed E-state index contributed by atoms with van der Waals surface area (Å²) in [7, 11) is -1.68. The van der Waals surface area contributed by atoms with E-state index < -0.39 is 10.0 Å². The number of rotatable bonds is 4. The Hall–Kier alpha value is -0.660. The molecule has 116 valence electrons. The summed E-state index contributed by atoms with van der Waals surface area (Å²) in [6, 6.07) is 4.88. The zero-order valence-electron chi connectivity index (χ0n) is 11.9. The first-order valence-corrected chi connectivity index (χ1v) is 8.91. The molecule has 2 heterocycles. The number of sulfonamides is 1. The van der Waals surface area contributed by atoms with Gasteiger partial charge in [0, 0.05) is 24.7 Å². The van der Waals surface area contributed by atoms with Crippen LogP contribution in [0, 0.1) is 0 Å². The molecule has 5 nitrogen and oxygen atoms in total. The van der Waals surface area contributed by atoms with Gasteiger partial charge in [-0.25, -0.2) is 8.42 Å². The summed E-state index contributed by atoms with van der Waals surface area (Å²) < 4.78 is 32.8. The molecule has 0 spiro atoms. The molecular weight excluding hydrogens is 312 g/mol. The maximum atomic E-state index is 12.8. The average Bonchev–Trinajstić information content (AvgIpc) is 2.79. The number of nitrogens with zero attached hydrogens (tertiary/aromatic N) is 1. The van der Waals surface area contributed by atoms with Crippen molar-refractivity contribution in [2.45, 2.75) is 36.5 Å². The number of ether oxygens (including phenoxy) is 1. The lowest BCUT2D eigenvalue weighted by atomic mass is 10.2. The largest absolute Gasteiger partial charge is 0.372 e. The minimum Gasteiger partial charge on any atom is -0.372 e. The molecule has 1 aromatic rings. The highest BCUT2D eigenvalue weighted by Crippen LogP contribution is 2.30. The van der Waals surface area contributed by atoms with Gasteiger partial charge in [0.1, 0.15) is 0 Å². The van der Waals surface area contributed by atoms with Gasteiger partial charge in [-0.3, -0.25) is 0 Å². The fraction of sp³-hybridized carbons (Fsp3) is 0.571. The van der Waals surface area contributed by atoms with Gasteiger partial charge >= 0.3 is 0 Å². The van der Waals surface area contributed by atoms with Crippen LogP contribution in [0.25, 0.3) is 0 Å². The van der Waals surface area contributed by atoms with Crippen LogP contribution < -0.4 is 5.32 Å². The van der Waals surface area contributed by atoms with Crippen molar-refractivity contribution < 1.29 is 13.2 Å². The second kappa shape index (κ2) is 5.85. The normalized spacial score (nSPS) is 26.2. The summed E-state index contributed by atoms with van der Waals surface area (Å²) in [5, 5.41) is 3.57. The van der Waals surface area contributed by atoms with Gasteiger partial charge in [0.15, 0.2) is 0 Å². The van der Waals surface area contributed by atoms with E-state index in [0.29, 0.717) is 29.6 Å². The number of nitrogens with one attached hydrogen (secondary N) is 1. The third kappa shape index (κ3) is 2.96. The topological polar surface area (TPSA) is 58.6 Å². The first kappa shape index (κ1) is 15.2. The lowest BCUT2D eigenvalue weighted by molar-refractivity contribution is -0.0114. The molecule has 0 saturated carbocycles. The molecule has 0 aliphatic carbocycles. The molecule has 0 amide bonds. The minimum absolute atomic E-state index is 0.0441. The minimum atomic E-state index is -3.48. The van der Waals surface area contributed by atoms with Gasteiger partial charge in [-0.05, 0) is 43.7 Å². The third-order valence-corrected chi connectivity index (χ3v) is 6.23. The van der Waals surface area contributed by atoms with E-state index in [1.54, 1.807) is 29.6 Å². The van der Waals surface area contributed by atoms with Gasteiger partial charge in [-0.2, -0.15) is 4.31 Å². The molecule has 0 radical (unpaired) electrons. The molecule has 1 aromatic carbocycles. The molecule has 21 heavy (non-hydrogen) atoms. The van der Waals surface area contributed by atoms with E-state index in [-0.39, 0.29) is 12.2 Å². The van der Waals surface area contributed by atoms with E-state index in [0.717, 1.165) is 18.4 Å². The summed E-state index contributed by atoms with van der Waals surface area (Å²) in [4.78, 5) is 0.304. The standard InChI is InChI=1S/C14H19ClN2O3S/c1-16-7-10-6-13(4-5-14(10)15)21(18,19)17-8-11-2-3-12(9-17)20-11/h4-6,11-12,16H,2-3,7-9H2,1H3. The highest BCUT2D eigenvalue weighted by atomic mass is 35.5. The third-order valence-electron chi connectivity index (χ3n) is 4.03. The monoisotopic (exact) mass is 330 g/mol. The van der Waals surface area contributed by atoms with E-state index in [1.807, 2.05) is 0 Å². The van der Waals surface area contributed by atoms with Crippen LogP contribution in [0.1, 0.15) is 18.4 Å². The van der Waals surface area contributed by atoms with Crippen molar-refractivity contribution in [2.24, 2.45) is 0 Å². The van der Waals surface area contributed by atoms with Crippen molar-refractivity contribution in [3.05, 3.63) is 28.8 Å². The van der Waals surface area contributed by atoms with Crippen molar-refractivity contribution in [1.82, 2.24) is 9.62 Å². The van der Waals surface area contributed by atoms with Crippen molar-refractivity contribution in [1.29, 1.82) is 0 Å². The molecule has 3 rings (SSSR count).